The Morgan fingerprint density at radius 1 is 1.23 bits per heavy atom. The molecule has 2 aromatic carbocycles. The zero-order valence-electron chi connectivity index (χ0n) is 11.4. The lowest BCUT2D eigenvalue weighted by molar-refractivity contribution is -0.00251. The Balaban J connectivity index is 0.00000176. The fraction of sp³-hybridized carbons (Fsp3) is 0.286. The van der Waals surface area contributed by atoms with E-state index in [2.05, 4.69) is 0 Å². The number of hydrogen-bond donors (Lipinski definition) is 2. The second-order valence-electron chi connectivity index (χ2n) is 5.18. The average molecular weight is 330 g/mol. The first kappa shape index (κ1) is 16.4. The molecular weight excluding hydrogens is 316 g/mol. The molecule has 0 saturated heterocycles. The fourth-order valence-electron chi connectivity index (χ4n) is 2.72. The van der Waals surface area contributed by atoms with Gasteiger partial charge in [-0.25, -0.2) is 0 Å². The molecule has 4 N–H and O–H groups in total. The minimum Gasteiger partial charge on any atom is -0.394 e. The predicted octanol–water partition coefficient (Wildman–Crippen LogP) is 0.857. The van der Waals surface area contributed by atoms with Crippen LogP contribution in [0.2, 0.25) is 0 Å². The lowest BCUT2D eigenvalue weighted by Gasteiger charge is -2.36. The van der Waals surface area contributed by atoms with Crippen molar-refractivity contribution in [2.45, 2.75) is 19.0 Å². The SMILES string of the molecule is Cl.NCc1ccc2c(c1)CN(c1c(N)c(=O)c1=O)CC2(F)F. The summed E-state index contributed by atoms with van der Waals surface area (Å²) in [6.45, 7) is -0.327. The second kappa shape index (κ2) is 5.33. The maximum Gasteiger partial charge on any atom is 0.290 e. The number of rotatable bonds is 2. The summed E-state index contributed by atoms with van der Waals surface area (Å²) in [5.74, 6) is -3.12. The molecule has 8 heteroatoms. The van der Waals surface area contributed by atoms with Crippen LogP contribution in [0.3, 0.4) is 0 Å². The van der Waals surface area contributed by atoms with Crippen LogP contribution in [-0.2, 0) is 19.0 Å². The van der Waals surface area contributed by atoms with Gasteiger partial charge < -0.3 is 16.4 Å². The van der Waals surface area contributed by atoms with E-state index in [4.69, 9.17) is 11.5 Å². The minimum atomic E-state index is -3.12. The molecule has 1 heterocycles. The van der Waals surface area contributed by atoms with Crippen LogP contribution in [0.1, 0.15) is 16.7 Å². The molecular formula is C14H14ClF2N3O2. The van der Waals surface area contributed by atoms with Gasteiger partial charge in [0.1, 0.15) is 11.4 Å². The monoisotopic (exact) mass is 329 g/mol. The summed E-state index contributed by atoms with van der Waals surface area (Å²) in [6, 6.07) is 4.52. The van der Waals surface area contributed by atoms with E-state index in [1.165, 1.54) is 11.0 Å². The maximum atomic E-state index is 14.2. The van der Waals surface area contributed by atoms with Gasteiger partial charge in [0.25, 0.3) is 16.8 Å². The summed E-state index contributed by atoms with van der Waals surface area (Å²) in [6.07, 6.45) is 0. The van der Waals surface area contributed by atoms with Crippen molar-refractivity contribution >= 4 is 23.8 Å². The van der Waals surface area contributed by atoms with Crippen LogP contribution in [0.25, 0.3) is 0 Å². The molecule has 0 radical (unpaired) electrons. The molecule has 0 saturated carbocycles. The molecule has 0 fully saturated rings. The Kier molecular flexibility index (Phi) is 3.97. The van der Waals surface area contributed by atoms with Crippen LogP contribution in [0.5, 0.6) is 0 Å². The van der Waals surface area contributed by atoms with Gasteiger partial charge in [0.05, 0.1) is 6.54 Å². The summed E-state index contributed by atoms with van der Waals surface area (Å²) < 4.78 is 28.4. The smallest absolute Gasteiger partial charge is 0.290 e. The van der Waals surface area contributed by atoms with E-state index in [0.29, 0.717) is 5.56 Å². The Morgan fingerprint density at radius 3 is 2.50 bits per heavy atom. The van der Waals surface area contributed by atoms with Gasteiger partial charge in [-0.15, -0.1) is 12.4 Å². The quantitative estimate of drug-likeness (QED) is 0.798. The Labute approximate surface area is 130 Å². The van der Waals surface area contributed by atoms with Gasteiger partial charge >= 0.3 is 0 Å². The first-order valence-electron chi connectivity index (χ1n) is 6.39. The van der Waals surface area contributed by atoms with Crippen LogP contribution in [0, 0.1) is 0 Å². The van der Waals surface area contributed by atoms with Gasteiger partial charge in [0, 0.05) is 18.7 Å². The number of nitrogens with two attached hydrogens (primary N) is 2. The van der Waals surface area contributed by atoms with Crippen LogP contribution in [-0.4, -0.2) is 6.54 Å². The van der Waals surface area contributed by atoms with Gasteiger partial charge in [-0.2, -0.15) is 8.78 Å². The van der Waals surface area contributed by atoms with Crippen LogP contribution in [0.4, 0.5) is 20.2 Å². The van der Waals surface area contributed by atoms with Crippen LogP contribution >= 0.6 is 12.4 Å². The van der Waals surface area contributed by atoms with Gasteiger partial charge in [-0.05, 0) is 11.1 Å². The predicted molar refractivity (Wildman–Crippen MR) is 82.3 cm³/mol. The standard InChI is InChI=1S/C14H13F2N3O2.ClH/c15-14(16)6-19(11-10(18)12(20)13(11)21)5-8-3-7(4-17)1-2-9(8)14;/h1-3H,4-6,17-18H2;1H. The van der Waals surface area contributed by atoms with Gasteiger partial charge in [-0.1, -0.05) is 18.2 Å². The highest BCUT2D eigenvalue weighted by molar-refractivity contribution is 5.85. The van der Waals surface area contributed by atoms with Crippen molar-refractivity contribution < 1.29 is 8.78 Å². The molecule has 22 heavy (non-hydrogen) atoms. The average Bonchev–Trinajstić information content (AvgIpc) is 2.45. The number of nitrogens with zero attached hydrogens (tertiary/aromatic N) is 1. The van der Waals surface area contributed by atoms with E-state index in [1.807, 2.05) is 0 Å². The van der Waals surface area contributed by atoms with E-state index in [9.17, 15) is 18.4 Å². The Bertz CT molecular complexity index is 800. The van der Waals surface area contributed by atoms with Gasteiger partial charge in [0.15, 0.2) is 0 Å². The summed E-state index contributed by atoms with van der Waals surface area (Å²) >= 11 is 0. The topological polar surface area (TPSA) is 89.4 Å². The summed E-state index contributed by atoms with van der Waals surface area (Å²) in [5.41, 5.74) is 10.0. The largest absolute Gasteiger partial charge is 0.394 e. The molecule has 3 rings (SSSR count). The first-order valence-corrected chi connectivity index (χ1v) is 6.39. The number of hydrogen-bond acceptors (Lipinski definition) is 5. The molecule has 0 bridgehead atoms. The molecule has 5 nitrogen and oxygen atoms in total. The number of halogens is 3. The van der Waals surface area contributed by atoms with Crippen LogP contribution < -0.4 is 27.2 Å². The van der Waals surface area contributed by atoms with Crippen molar-refractivity contribution in [3.05, 3.63) is 55.3 Å². The first-order chi connectivity index (χ1) is 9.85. The summed E-state index contributed by atoms with van der Waals surface area (Å²) in [4.78, 5) is 23.9. The van der Waals surface area contributed by atoms with Crippen molar-refractivity contribution in [3.63, 3.8) is 0 Å². The lowest BCUT2D eigenvalue weighted by Crippen LogP contribution is -2.48. The normalized spacial score (nSPS) is 16.2. The third-order valence-electron chi connectivity index (χ3n) is 3.79. The summed E-state index contributed by atoms with van der Waals surface area (Å²) in [5, 5.41) is 0. The lowest BCUT2D eigenvalue weighted by atomic mass is 9.93. The van der Waals surface area contributed by atoms with E-state index >= 15 is 0 Å². The van der Waals surface area contributed by atoms with E-state index in [-0.39, 0.29) is 42.4 Å². The number of nitrogen functional groups attached to an aromatic ring is 1. The summed E-state index contributed by atoms with van der Waals surface area (Å²) in [7, 11) is 0. The van der Waals surface area contributed by atoms with E-state index in [1.54, 1.807) is 12.1 Å². The third-order valence-corrected chi connectivity index (χ3v) is 3.79. The molecule has 0 aliphatic carbocycles. The Morgan fingerprint density at radius 2 is 1.91 bits per heavy atom. The molecule has 2 aromatic rings. The molecule has 1 aliphatic rings. The molecule has 0 amide bonds. The third kappa shape index (κ3) is 2.26. The van der Waals surface area contributed by atoms with Crippen molar-refractivity contribution in [1.29, 1.82) is 0 Å². The number of alkyl halides is 2. The number of fused-ring (bicyclic) bond motifs is 1. The molecule has 1 aliphatic heterocycles. The highest BCUT2D eigenvalue weighted by Crippen LogP contribution is 2.39. The van der Waals surface area contributed by atoms with Crippen molar-refractivity contribution in [2.24, 2.45) is 5.73 Å². The van der Waals surface area contributed by atoms with Crippen LogP contribution in [0.15, 0.2) is 27.8 Å². The van der Waals surface area contributed by atoms with E-state index < -0.39 is 23.3 Å². The number of benzene rings is 1. The highest BCUT2D eigenvalue weighted by atomic mass is 35.5. The van der Waals surface area contributed by atoms with Crippen molar-refractivity contribution in [2.75, 3.05) is 17.2 Å². The van der Waals surface area contributed by atoms with Gasteiger partial charge in [-0.3, -0.25) is 9.59 Å². The molecule has 118 valence electrons. The highest BCUT2D eigenvalue weighted by Gasteiger charge is 2.42. The Hall–Kier alpha value is -1.99. The van der Waals surface area contributed by atoms with Crippen molar-refractivity contribution in [3.8, 4) is 0 Å². The zero-order chi connectivity index (χ0) is 15.4. The van der Waals surface area contributed by atoms with Crippen molar-refractivity contribution in [1.82, 2.24) is 0 Å². The molecule has 0 aromatic heterocycles. The fourth-order valence-corrected chi connectivity index (χ4v) is 2.72. The molecule has 0 atom stereocenters. The minimum absolute atomic E-state index is 0. The second-order valence-corrected chi connectivity index (χ2v) is 5.18. The zero-order valence-corrected chi connectivity index (χ0v) is 12.3. The molecule has 0 unspecified atom stereocenters. The van der Waals surface area contributed by atoms with E-state index in [0.717, 1.165) is 5.56 Å². The van der Waals surface area contributed by atoms with Gasteiger partial charge in [0.2, 0.25) is 0 Å². The maximum absolute atomic E-state index is 14.2. The number of anilines is 2. The molecule has 0 spiro atoms.